The molecule has 0 atom stereocenters. The molecule has 0 fully saturated rings. The summed E-state index contributed by atoms with van der Waals surface area (Å²) in [4.78, 5) is 2.06. The van der Waals surface area contributed by atoms with E-state index < -0.39 is 0 Å². The molecule has 1 aromatic rings. The number of hydrogen-bond donors (Lipinski definition) is 1. The van der Waals surface area contributed by atoms with E-state index in [-0.39, 0.29) is 0 Å². The van der Waals surface area contributed by atoms with E-state index in [0.29, 0.717) is 16.6 Å². The third kappa shape index (κ3) is 2.77. The first-order valence-corrected chi connectivity index (χ1v) is 5.27. The second-order valence-electron chi connectivity index (χ2n) is 3.14. The molecule has 0 heterocycles. The van der Waals surface area contributed by atoms with Crippen molar-refractivity contribution in [1.82, 2.24) is 0 Å². The lowest BCUT2D eigenvalue weighted by Crippen LogP contribution is -2.21. The SMILES string of the molecule is CN(CCCN)c1cccc(Cl)c1Cl. The maximum atomic E-state index is 6.06. The highest BCUT2D eigenvalue weighted by Crippen LogP contribution is 2.31. The van der Waals surface area contributed by atoms with Crippen LogP contribution in [0.15, 0.2) is 18.2 Å². The lowest BCUT2D eigenvalue weighted by atomic mass is 10.3. The highest BCUT2D eigenvalue weighted by atomic mass is 35.5. The molecule has 0 aliphatic carbocycles. The van der Waals surface area contributed by atoms with Crippen molar-refractivity contribution >= 4 is 28.9 Å². The van der Waals surface area contributed by atoms with Crippen LogP contribution in [0.3, 0.4) is 0 Å². The molecule has 0 amide bonds. The Hall–Kier alpha value is -0.440. The van der Waals surface area contributed by atoms with Crippen molar-refractivity contribution in [2.75, 3.05) is 25.0 Å². The monoisotopic (exact) mass is 232 g/mol. The van der Waals surface area contributed by atoms with E-state index in [1.165, 1.54) is 0 Å². The van der Waals surface area contributed by atoms with E-state index in [9.17, 15) is 0 Å². The maximum Gasteiger partial charge on any atom is 0.0825 e. The van der Waals surface area contributed by atoms with Crippen molar-refractivity contribution in [3.05, 3.63) is 28.2 Å². The summed E-state index contributed by atoms with van der Waals surface area (Å²) in [5.74, 6) is 0. The van der Waals surface area contributed by atoms with Gasteiger partial charge in [0.1, 0.15) is 0 Å². The first-order chi connectivity index (χ1) is 6.66. The van der Waals surface area contributed by atoms with Crippen LogP contribution in [-0.2, 0) is 0 Å². The molecule has 2 N–H and O–H groups in total. The molecule has 0 unspecified atom stereocenters. The molecule has 1 rings (SSSR count). The molecule has 0 saturated carbocycles. The Bertz CT molecular complexity index is 302. The molecule has 0 aliphatic heterocycles. The summed E-state index contributed by atoms with van der Waals surface area (Å²) in [6.45, 7) is 1.57. The zero-order chi connectivity index (χ0) is 10.6. The quantitative estimate of drug-likeness (QED) is 0.866. The van der Waals surface area contributed by atoms with Crippen LogP contribution < -0.4 is 10.6 Å². The molecule has 0 radical (unpaired) electrons. The summed E-state index contributed by atoms with van der Waals surface area (Å²) < 4.78 is 0. The minimum absolute atomic E-state index is 0.587. The minimum atomic E-state index is 0.587. The van der Waals surface area contributed by atoms with Crippen LogP contribution in [0.25, 0.3) is 0 Å². The lowest BCUT2D eigenvalue weighted by Gasteiger charge is -2.20. The molecule has 0 bridgehead atoms. The van der Waals surface area contributed by atoms with E-state index in [2.05, 4.69) is 4.90 Å². The average molecular weight is 233 g/mol. The molecule has 78 valence electrons. The van der Waals surface area contributed by atoms with Crippen LogP contribution in [-0.4, -0.2) is 20.1 Å². The minimum Gasteiger partial charge on any atom is -0.373 e. The Morgan fingerprint density at radius 3 is 2.71 bits per heavy atom. The largest absolute Gasteiger partial charge is 0.373 e. The molecule has 4 heteroatoms. The molecule has 0 aromatic heterocycles. The van der Waals surface area contributed by atoms with Gasteiger partial charge in [0.2, 0.25) is 0 Å². The zero-order valence-electron chi connectivity index (χ0n) is 8.13. The van der Waals surface area contributed by atoms with Crippen LogP contribution in [0.1, 0.15) is 6.42 Å². The van der Waals surface area contributed by atoms with Gasteiger partial charge in [0.05, 0.1) is 15.7 Å². The number of anilines is 1. The fourth-order valence-electron chi connectivity index (χ4n) is 1.24. The lowest BCUT2D eigenvalue weighted by molar-refractivity contribution is 0.796. The van der Waals surface area contributed by atoms with E-state index in [4.69, 9.17) is 28.9 Å². The average Bonchev–Trinajstić information content (AvgIpc) is 2.18. The van der Waals surface area contributed by atoms with Crippen molar-refractivity contribution in [3.8, 4) is 0 Å². The molecular weight excluding hydrogens is 219 g/mol. The van der Waals surface area contributed by atoms with Gasteiger partial charge in [0.15, 0.2) is 0 Å². The molecule has 0 saturated heterocycles. The van der Waals surface area contributed by atoms with Crippen LogP contribution >= 0.6 is 23.2 Å². The smallest absolute Gasteiger partial charge is 0.0825 e. The third-order valence-corrected chi connectivity index (χ3v) is 2.85. The highest BCUT2D eigenvalue weighted by molar-refractivity contribution is 6.43. The van der Waals surface area contributed by atoms with Crippen molar-refractivity contribution in [3.63, 3.8) is 0 Å². The Morgan fingerprint density at radius 1 is 1.36 bits per heavy atom. The summed E-state index contributed by atoms with van der Waals surface area (Å²) in [6, 6.07) is 5.62. The second kappa shape index (κ2) is 5.44. The van der Waals surface area contributed by atoms with E-state index in [1.54, 1.807) is 6.07 Å². The van der Waals surface area contributed by atoms with Gasteiger partial charge in [-0.05, 0) is 25.1 Å². The summed E-state index contributed by atoms with van der Waals surface area (Å²) in [7, 11) is 1.98. The highest BCUT2D eigenvalue weighted by Gasteiger charge is 2.07. The predicted octanol–water partition coefficient (Wildman–Crippen LogP) is 2.78. The number of halogens is 2. The van der Waals surface area contributed by atoms with Crippen molar-refractivity contribution in [1.29, 1.82) is 0 Å². The van der Waals surface area contributed by atoms with Gasteiger partial charge in [-0.3, -0.25) is 0 Å². The van der Waals surface area contributed by atoms with Crippen LogP contribution in [0.5, 0.6) is 0 Å². The molecule has 14 heavy (non-hydrogen) atoms. The van der Waals surface area contributed by atoms with Crippen LogP contribution in [0.4, 0.5) is 5.69 Å². The van der Waals surface area contributed by atoms with Crippen LogP contribution in [0.2, 0.25) is 10.0 Å². The molecule has 0 aliphatic rings. The van der Waals surface area contributed by atoms with E-state index >= 15 is 0 Å². The first kappa shape index (κ1) is 11.6. The van der Waals surface area contributed by atoms with Gasteiger partial charge in [-0.1, -0.05) is 29.3 Å². The van der Waals surface area contributed by atoms with Gasteiger partial charge in [-0.25, -0.2) is 0 Å². The number of benzene rings is 1. The standard InChI is InChI=1S/C10H14Cl2N2/c1-14(7-3-6-13)9-5-2-4-8(11)10(9)12/h2,4-5H,3,6-7,13H2,1H3. The Kier molecular flexibility index (Phi) is 4.52. The maximum absolute atomic E-state index is 6.06. The van der Waals surface area contributed by atoms with Gasteiger partial charge < -0.3 is 10.6 Å². The van der Waals surface area contributed by atoms with E-state index in [1.807, 2.05) is 19.2 Å². The predicted molar refractivity (Wildman–Crippen MR) is 63.4 cm³/mol. The summed E-state index contributed by atoms with van der Waals surface area (Å²) in [5, 5.41) is 1.19. The van der Waals surface area contributed by atoms with Gasteiger partial charge >= 0.3 is 0 Å². The second-order valence-corrected chi connectivity index (χ2v) is 3.92. The number of hydrogen-bond acceptors (Lipinski definition) is 2. The van der Waals surface area contributed by atoms with Gasteiger partial charge in [-0.15, -0.1) is 0 Å². The Morgan fingerprint density at radius 2 is 2.07 bits per heavy atom. The molecule has 1 aromatic carbocycles. The summed E-state index contributed by atoms with van der Waals surface area (Å²) in [5.41, 5.74) is 6.39. The van der Waals surface area contributed by atoms with Crippen molar-refractivity contribution in [2.24, 2.45) is 5.73 Å². The zero-order valence-corrected chi connectivity index (χ0v) is 9.65. The van der Waals surface area contributed by atoms with Gasteiger partial charge in [0.25, 0.3) is 0 Å². The third-order valence-electron chi connectivity index (χ3n) is 2.04. The number of rotatable bonds is 4. The van der Waals surface area contributed by atoms with Crippen molar-refractivity contribution < 1.29 is 0 Å². The number of nitrogens with two attached hydrogens (primary N) is 1. The Labute approximate surface area is 94.6 Å². The fraction of sp³-hybridized carbons (Fsp3) is 0.400. The molecule has 0 spiro atoms. The van der Waals surface area contributed by atoms with Crippen molar-refractivity contribution in [2.45, 2.75) is 6.42 Å². The Balaban J connectivity index is 2.79. The first-order valence-electron chi connectivity index (χ1n) is 4.52. The summed E-state index contributed by atoms with van der Waals surface area (Å²) in [6.07, 6.45) is 0.944. The van der Waals surface area contributed by atoms with Gasteiger partial charge in [-0.2, -0.15) is 0 Å². The topological polar surface area (TPSA) is 29.3 Å². The normalized spacial score (nSPS) is 10.3. The fourth-order valence-corrected chi connectivity index (χ4v) is 1.68. The number of nitrogens with zero attached hydrogens (tertiary/aromatic N) is 1. The molecular formula is C10H14Cl2N2. The molecule has 2 nitrogen and oxygen atoms in total. The summed E-state index contributed by atoms with van der Waals surface area (Å²) >= 11 is 12.0. The van der Waals surface area contributed by atoms with E-state index in [0.717, 1.165) is 18.7 Å². The van der Waals surface area contributed by atoms with Gasteiger partial charge in [0, 0.05) is 13.6 Å². The van der Waals surface area contributed by atoms with Crippen LogP contribution in [0, 0.1) is 0 Å².